The predicted octanol–water partition coefficient (Wildman–Crippen LogP) is 4.30. The standard InChI is InChI=1S/C24H27N3O4/c1-16-23(17(2)31-26-16)21-15-19(8-9-22(21)30-13-12-27-10-5-11-27)25-24(28)18-6-4-7-20(14-18)29-3/h4,6-9,14-15H,5,10-13H2,1-3H3,(H,25,28). The second kappa shape index (κ2) is 9.22. The molecule has 2 aromatic carbocycles. The first-order valence-corrected chi connectivity index (χ1v) is 10.4. The van der Waals surface area contributed by atoms with Crippen molar-refractivity contribution in [2.75, 3.05) is 38.7 Å². The zero-order valence-corrected chi connectivity index (χ0v) is 18.1. The van der Waals surface area contributed by atoms with Crippen LogP contribution in [0.15, 0.2) is 47.0 Å². The summed E-state index contributed by atoms with van der Waals surface area (Å²) in [6, 6.07) is 12.7. The number of nitrogens with one attached hydrogen (secondary N) is 1. The first kappa shape index (κ1) is 20.9. The Kier molecular flexibility index (Phi) is 6.23. The third-order valence-corrected chi connectivity index (χ3v) is 5.49. The summed E-state index contributed by atoms with van der Waals surface area (Å²) in [7, 11) is 1.58. The van der Waals surface area contributed by atoms with Crippen LogP contribution in [0, 0.1) is 13.8 Å². The minimum atomic E-state index is -0.213. The van der Waals surface area contributed by atoms with Crippen molar-refractivity contribution in [3.63, 3.8) is 0 Å². The van der Waals surface area contributed by atoms with Gasteiger partial charge >= 0.3 is 0 Å². The molecule has 0 saturated carbocycles. The monoisotopic (exact) mass is 421 g/mol. The number of likely N-dealkylation sites (tertiary alicyclic amines) is 1. The number of anilines is 1. The van der Waals surface area contributed by atoms with Gasteiger partial charge in [0.05, 0.1) is 18.4 Å². The topological polar surface area (TPSA) is 76.8 Å². The molecule has 1 amide bonds. The number of amides is 1. The van der Waals surface area contributed by atoms with Crippen molar-refractivity contribution < 1.29 is 18.8 Å². The summed E-state index contributed by atoms with van der Waals surface area (Å²) in [4.78, 5) is 15.1. The predicted molar refractivity (Wildman–Crippen MR) is 119 cm³/mol. The molecule has 0 aliphatic carbocycles. The maximum Gasteiger partial charge on any atom is 0.255 e. The Morgan fingerprint density at radius 3 is 2.71 bits per heavy atom. The molecule has 0 atom stereocenters. The average Bonchev–Trinajstić information content (AvgIpc) is 3.08. The minimum absolute atomic E-state index is 0.213. The van der Waals surface area contributed by atoms with Crippen molar-refractivity contribution in [2.24, 2.45) is 0 Å². The van der Waals surface area contributed by atoms with Crippen molar-refractivity contribution in [3.05, 3.63) is 59.5 Å². The van der Waals surface area contributed by atoms with Crippen LogP contribution in [0.3, 0.4) is 0 Å². The Balaban J connectivity index is 1.58. The molecule has 2 heterocycles. The van der Waals surface area contributed by atoms with Gasteiger partial charge in [-0.2, -0.15) is 0 Å². The molecule has 1 aliphatic heterocycles. The van der Waals surface area contributed by atoms with Gasteiger partial charge in [-0.3, -0.25) is 9.69 Å². The van der Waals surface area contributed by atoms with E-state index in [4.69, 9.17) is 14.0 Å². The number of rotatable bonds is 8. The lowest BCUT2D eigenvalue weighted by atomic mass is 10.0. The summed E-state index contributed by atoms with van der Waals surface area (Å²) in [6.07, 6.45) is 1.26. The van der Waals surface area contributed by atoms with E-state index in [1.807, 2.05) is 32.0 Å². The molecule has 4 rings (SSSR count). The number of hydrogen-bond acceptors (Lipinski definition) is 6. The number of aromatic nitrogens is 1. The van der Waals surface area contributed by atoms with Crippen LogP contribution in [-0.2, 0) is 0 Å². The van der Waals surface area contributed by atoms with Gasteiger partial charge in [0, 0.05) is 23.4 Å². The molecule has 31 heavy (non-hydrogen) atoms. The average molecular weight is 421 g/mol. The van der Waals surface area contributed by atoms with Crippen LogP contribution in [0.25, 0.3) is 11.1 Å². The molecule has 1 fully saturated rings. The highest BCUT2D eigenvalue weighted by Gasteiger charge is 2.19. The van der Waals surface area contributed by atoms with Crippen LogP contribution in [0.5, 0.6) is 11.5 Å². The summed E-state index contributed by atoms with van der Waals surface area (Å²) in [5.41, 5.74) is 3.70. The molecule has 1 saturated heterocycles. The lowest BCUT2D eigenvalue weighted by Crippen LogP contribution is -2.39. The van der Waals surface area contributed by atoms with Crippen molar-refractivity contribution in [2.45, 2.75) is 20.3 Å². The van der Waals surface area contributed by atoms with Gasteiger partial charge in [-0.1, -0.05) is 11.2 Å². The molecular weight excluding hydrogens is 394 g/mol. The van der Waals surface area contributed by atoms with Crippen molar-refractivity contribution >= 4 is 11.6 Å². The molecular formula is C24H27N3O4. The number of ether oxygens (including phenoxy) is 2. The molecule has 7 nitrogen and oxygen atoms in total. The highest BCUT2D eigenvalue weighted by Crippen LogP contribution is 2.37. The summed E-state index contributed by atoms with van der Waals surface area (Å²) >= 11 is 0. The molecule has 0 unspecified atom stereocenters. The molecule has 1 aliphatic rings. The van der Waals surface area contributed by atoms with Gasteiger partial charge in [0.2, 0.25) is 0 Å². The molecule has 0 bridgehead atoms. The summed E-state index contributed by atoms with van der Waals surface area (Å²) in [5.74, 6) is 1.88. The van der Waals surface area contributed by atoms with E-state index < -0.39 is 0 Å². The maximum absolute atomic E-state index is 12.8. The van der Waals surface area contributed by atoms with E-state index in [1.54, 1.807) is 31.4 Å². The first-order chi connectivity index (χ1) is 15.0. The Labute approximate surface area is 181 Å². The van der Waals surface area contributed by atoms with Gasteiger partial charge in [0.25, 0.3) is 5.91 Å². The van der Waals surface area contributed by atoms with Gasteiger partial charge in [0.15, 0.2) is 0 Å². The normalized spacial score (nSPS) is 13.5. The molecule has 1 aromatic heterocycles. The molecule has 1 N–H and O–H groups in total. The van der Waals surface area contributed by atoms with E-state index in [9.17, 15) is 4.79 Å². The fraction of sp³-hybridized carbons (Fsp3) is 0.333. The molecule has 162 valence electrons. The zero-order chi connectivity index (χ0) is 21.8. The van der Waals surface area contributed by atoms with Gasteiger partial charge in [-0.05, 0) is 69.8 Å². The second-order valence-electron chi connectivity index (χ2n) is 7.64. The SMILES string of the molecule is COc1cccc(C(=O)Nc2ccc(OCCN3CCC3)c(-c3c(C)noc3C)c2)c1. The Hall–Kier alpha value is -3.32. The summed E-state index contributed by atoms with van der Waals surface area (Å²) in [6.45, 7) is 7.55. The number of nitrogens with zero attached hydrogens (tertiary/aromatic N) is 2. The number of methoxy groups -OCH3 is 1. The third-order valence-electron chi connectivity index (χ3n) is 5.49. The van der Waals surface area contributed by atoms with Crippen molar-refractivity contribution in [1.29, 1.82) is 0 Å². The molecule has 0 radical (unpaired) electrons. The van der Waals surface area contributed by atoms with Gasteiger partial charge in [-0.15, -0.1) is 0 Å². The molecule has 0 spiro atoms. The van der Waals surface area contributed by atoms with Gasteiger partial charge in [-0.25, -0.2) is 0 Å². The fourth-order valence-corrected chi connectivity index (χ4v) is 3.65. The van der Waals surface area contributed by atoms with Crippen molar-refractivity contribution in [3.8, 4) is 22.6 Å². The Morgan fingerprint density at radius 2 is 2.03 bits per heavy atom. The van der Waals surface area contributed by atoms with Crippen LogP contribution in [-0.4, -0.2) is 49.3 Å². The fourth-order valence-electron chi connectivity index (χ4n) is 3.65. The zero-order valence-electron chi connectivity index (χ0n) is 18.1. The van der Waals surface area contributed by atoms with Crippen LogP contribution in [0.4, 0.5) is 5.69 Å². The first-order valence-electron chi connectivity index (χ1n) is 10.4. The number of carbonyl (C=O) groups excluding carboxylic acids is 1. The van der Waals surface area contributed by atoms with E-state index in [0.717, 1.165) is 42.2 Å². The molecule has 3 aromatic rings. The quantitative estimate of drug-likeness (QED) is 0.584. The highest BCUT2D eigenvalue weighted by atomic mass is 16.5. The van der Waals surface area contributed by atoms with Crippen molar-refractivity contribution in [1.82, 2.24) is 10.1 Å². The van der Waals surface area contributed by atoms with Crippen LogP contribution in [0.2, 0.25) is 0 Å². The number of benzene rings is 2. The number of carbonyl (C=O) groups is 1. The number of hydrogen-bond donors (Lipinski definition) is 1. The van der Waals surface area contributed by atoms with Gasteiger partial charge < -0.3 is 19.3 Å². The Bertz CT molecular complexity index is 1050. The largest absolute Gasteiger partial charge is 0.497 e. The van der Waals surface area contributed by atoms with Gasteiger partial charge in [0.1, 0.15) is 23.9 Å². The third kappa shape index (κ3) is 4.72. The van der Waals surface area contributed by atoms with Crippen LogP contribution < -0.4 is 14.8 Å². The summed E-state index contributed by atoms with van der Waals surface area (Å²) < 4.78 is 16.7. The highest BCUT2D eigenvalue weighted by molar-refractivity contribution is 6.05. The van der Waals surface area contributed by atoms with E-state index in [-0.39, 0.29) is 5.91 Å². The van der Waals surface area contributed by atoms with E-state index in [1.165, 1.54) is 6.42 Å². The summed E-state index contributed by atoms with van der Waals surface area (Å²) in [5, 5.41) is 7.04. The Morgan fingerprint density at radius 1 is 1.19 bits per heavy atom. The second-order valence-corrected chi connectivity index (χ2v) is 7.64. The van der Waals surface area contributed by atoms with E-state index in [2.05, 4.69) is 15.4 Å². The lowest BCUT2D eigenvalue weighted by Gasteiger charge is -2.30. The minimum Gasteiger partial charge on any atom is -0.497 e. The van der Waals surface area contributed by atoms with E-state index >= 15 is 0 Å². The lowest BCUT2D eigenvalue weighted by molar-refractivity contribution is 0.102. The van der Waals surface area contributed by atoms with Crippen LogP contribution >= 0.6 is 0 Å². The molecule has 7 heteroatoms. The smallest absolute Gasteiger partial charge is 0.255 e. The van der Waals surface area contributed by atoms with Crippen LogP contribution in [0.1, 0.15) is 28.2 Å². The maximum atomic E-state index is 12.8. The number of aryl methyl sites for hydroxylation is 2. The van der Waals surface area contributed by atoms with E-state index in [0.29, 0.717) is 29.4 Å².